The molecule has 10 heteroatoms. The summed E-state index contributed by atoms with van der Waals surface area (Å²) in [6.45, 7) is 0. The topological polar surface area (TPSA) is 56.7 Å². The molecule has 5 nitrogen and oxygen atoms in total. The smallest absolute Gasteiger partial charge is 0.164 e. The summed E-state index contributed by atoms with van der Waals surface area (Å²) in [6, 6.07) is 57.5. The monoisotopic (exact) mass is 776 g/mol. The van der Waals surface area contributed by atoms with Crippen LogP contribution in [-0.4, -0.2) is 58.8 Å². The van der Waals surface area contributed by atoms with Gasteiger partial charge in [-0.05, 0) is 70.8 Å². The Kier molecular flexibility index (Phi) is 8.71. The predicted octanol–water partition coefficient (Wildman–Crippen LogP) is 4.50. The van der Waals surface area contributed by atoms with Gasteiger partial charge < -0.3 is 8.98 Å². The van der Waals surface area contributed by atoms with Crippen molar-refractivity contribution in [2.24, 2.45) is 0 Å². The Bertz CT molecular complexity index is 3500. The zero-order valence-corrected chi connectivity index (χ0v) is 34.8. The number of fused-ring (bicyclic) bond motifs is 6. The number of hydrogen-bond acceptors (Lipinski definition) is 4. The standard InChI is InChI=1S/C51H37B5N4O/c52-44-42(45(53)47(55)48(56)46(44)54)28-18-20-30(21-19-28)50-57-49(29-10-3-1-4-11-29)58-51(59-50)36-15-9-17-40-43(36)35-24-22-32(27-41(35)61-40)31-23-25-39-37(26-31)34-14-7-8-16-38(34)60(39)33-12-5-2-6-13-33/h1-27H,52-56H2. The third kappa shape index (κ3) is 6.04. The first kappa shape index (κ1) is 36.8. The molecule has 0 N–H and O–H groups in total. The molecule has 0 aliphatic rings. The Labute approximate surface area is 358 Å². The first-order valence-corrected chi connectivity index (χ1v) is 20.9. The van der Waals surface area contributed by atoms with Crippen LogP contribution in [0.5, 0.6) is 0 Å². The lowest BCUT2D eigenvalue weighted by Gasteiger charge is -2.20. The lowest BCUT2D eigenvalue weighted by molar-refractivity contribution is 0.669. The lowest BCUT2D eigenvalue weighted by Crippen LogP contribution is -2.55. The van der Waals surface area contributed by atoms with E-state index in [0.29, 0.717) is 17.5 Å². The third-order valence-corrected chi connectivity index (χ3v) is 12.9. The molecule has 0 amide bonds. The fraction of sp³-hybridized carbons (Fsp3) is 0. The second-order valence-corrected chi connectivity index (χ2v) is 16.2. The van der Waals surface area contributed by atoms with E-state index >= 15 is 0 Å². The number of rotatable bonds is 6. The van der Waals surface area contributed by atoms with Gasteiger partial charge in [0.15, 0.2) is 17.5 Å². The highest BCUT2D eigenvalue weighted by atomic mass is 16.3. The van der Waals surface area contributed by atoms with E-state index in [0.717, 1.165) is 55.4 Å². The zero-order valence-electron chi connectivity index (χ0n) is 34.8. The van der Waals surface area contributed by atoms with Gasteiger partial charge in [0.05, 0.1) is 11.0 Å². The van der Waals surface area contributed by atoms with Crippen LogP contribution in [0, 0.1) is 0 Å². The van der Waals surface area contributed by atoms with Crippen LogP contribution in [0.3, 0.4) is 0 Å². The first-order chi connectivity index (χ1) is 29.8. The molecule has 0 atom stereocenters. The number of furan rings is 1. The van der Waals surface area contributed by atoms with Crippen LogP contribution in [-0.2, 0) is 0 Å². The maximum atomic E-state index is 6.65. The average molecular weight is 776 g/mol. The molecule has 8 aromatic carbocycles. The highest BCUT2D eigenvalue weighted by Crippen LogP contribution is 2.40. The van der Waals surface area contributed by atoms with Gasteiger partial charge in [-0.2, -0.15) is 0 Å². The molecule has 0 unspecified atom stereocenters. The van der Waals surface area contributed by atoms with Crippen LogP contribution in [0.4, 0.5) is 0 Å². The van der Waals surface area contributed by atoms with Crippen molar-refractivity contribution in [1.82, 2.24) is 19.5 Å². The summed E-state index contributed by atoms with van der Waals surface area (Å²) < 4.78 is 8.99. The van der Waals surface area contributed by atoms with E-state index in [1.165, 1.54) is 60.2 Å². The number of hydrogen-bond donors (Lipinski definition) is 0. The third-order valence-electron chi connectivity index (χ3n) is 12.9. The molecule has 3 heterocycles. The van der Waals surface area contributed by atoms with Crippen molar-refractivity contribution in [3.05, 3.63) is 164 Å². The largest absolute Gasteiger partial charge is 0.456 e. The minimum Gasteiger partial charge on any atom is -0.456 e. The Hall–Kier alpha value is -7.31. The van der Waals surface area contributed by atoms with E-state index < -0.39 is 0 Å². The van der Waals surface area contributed by atoms with E-state index in [1.807, 2.05) is 42.5 Å². The van der Waals surface area contributed by atoms with Crippen LogP contribution >= 0.6 is 0 Å². The van der Waals surface area contributed by atoms with Crippen LogP contribution in [0.25, 0.3) is 106 Å². The molecule has 0 fully saturated rings. The fourth-order valence-corrected chi connectivity index (χ4v) is 9.26. The van der Waals surface area contributed by atoms with Gasteiger partial charge in [0, 0.05) is 43.9 Å². The summed E-state index contributed by atoms with van der Waals surface area (Å²) in [7, 11) is 11.1. The molecule has 0 aliphatic heterocycles. The van der Waals surface area contributed by atoms with Crippen LogP contribution in [0.2, 0.25) is 0 Å². The van der Waals surface area contributed by atoms with Gasteiger partial charge in [-0.25, -0.2) is 15.0 Å². The van der Waals surface area contributed by atoms with E-state index in [2.05, 4.69) is 165 Å². The van der Waals surface area contributed by atoms with Crippen molar-refractivity contribution in [3.8, 4) is 62.1 Å². The van der Waals surface area contributed by atoms with Crippen molar-refractivity contribution in [1.29, 1.82) is 0 Å². The molecule has 3 aromatic heterocycles. The average Bonchev–Trinajstić information content (AvgIpc) is 3.86. The van der Waals surface area contributed by atoms with Gasteiger partial charge in [-0.15, -0.1) is 16.4 Å². The van der Waals surface area contributed by atoms with Gasteiger partial charge in [-0.3, -0.25) is 0 Å². The molecule has 61 heavy (non-hydrogen) atoms. The Balaban J connectivity index is 1.02. The van der Waals surface area contributed by atoms with Crippen molar-refractivity contribution >= 4 is 110 Å². The van der Waals surface area contributed by atoms with Gasteiger partial charge in [0.1, 0.15) is 50.4 Å². The molecule has 11 rings (SSSR count). The quantitative estimate of drug-likeness (QED) is 0.234. The summed E-state index contributed by atoms with van der Waals surface area (Å²) in [5, 5.41) is 4.43. The molecular formula is C51H37B5N4O. The molecule has 0 spiro atoms. The van der Waals surface area contributed by atoms with Crippen LogP contribution in [0.1, 0.15) is 0 Å². The minimum atomic E-state index is 0.599. The van der Waals surface area contributed by atoms with Gasteiger partial charge in [0.2, 0.25) is 0 Å². The van der Waals surface area contributed by atoms with Gasteiger partial charge in [-0.1, -0.05) is 126 Å². The molecule has 0 radical (unpaired) electrons. The van der Waals surface area contributed by atoms with E-state index in [-0.39, 0.29) is 0 Å². The maximum absolute atomic E-state index is 6.65. The summed E-state index contributed by atoms with van der Waals surface area (Å²) in [5.74, 6) is 1.84. The molecule has 0 saturated heterocycles. The second-order valence-electron chi connectivity index (χ2n) is 16.2. The second kappa shape index (κ2) is 14.5. The molecule has 0 bridgehead atoms. The molecule has 0 saturated carbocycles. The maximum Gasteiger partial charge on any atom is 0.164 e. The molecule has 0 aliphatic carbocycles. The van der Waals surface area contributed by atoms with E-state index in [1.54, 1.807) is 0 Å². The Morgan fingerprint density at radius 2 is 0.934 bits per heavy atom. The van der Waals surface area contributed by atoms with Gasteiger partial charge >= 0.3 is 0 Å². The van der Waals surface area contributed by atoms with Crippen LogP contribution in [0.15, 0.2) is 168 Å². The highest BCUT2D eigenvalue weighted by Gasteiger charge is 2.20. The molecule has 282 valence electrons. The van der Waals surface area contributed by atoms with Crippen LogP contribution < -0.4 is 27.3 Å². The summed E-state index contributed by atoms with van der Waals surface area (Å²) in [5.41, 5.74) is 19.3. The van der Waals surface area contributed by atoms with Crippen molar-refractivity contribution in [2.45, 2.75) is 0 Å². The predicted molar refractivity (Wildman–Crippen MR) is 270 cm³/mol. The minimum absolute atomic E-state index is 0.599. The normalized spacial score (nSPS) is 11.6. The number of para-hydroxylation sites is 2. The summed E-state index contributed by atoms with van der Waals surface area (Å²) >= 11 is 0. The Morgan fingerprint density at radius 1 is 0.377 bits per heavy atom. The molecule has 11 aromatic rings. The summed E-state index contributed by atoms with van der Waals surface area (Å²) in [4.78, 5) is 15.4. The Morgan fingerprint density at radius 3 is 1.67 bits per heavy atom. The van der Waals surface area contributed by atoms with Crippen molar-refractivity contribution in [3.63, 3.8) is 0 Å². The number of nitrogens with zero attached hydrogens (tertiary/aromatic N) is 4. The van der Waals surface area contributed by atoms with E-state index in [9.17, 15) is 0 Å². The first-order valence-electron chi connectivity index (χ1n) is 20.9. The van der Waals surface area contributed by atoms with Crippen molar-refractivity contribution in [2.75, 3.05) is 0 Å². The summed E-state index contributed by atoms with van der Waals surface area (Å²) in [6.07, 6.45) is 0. The molecular weight excluding hydrogens is 739 g/mol. The highest BCUT2D eigenvalue weighted by molar-refractivity contribution is 6.68. The number of aromatic nitrogens is 4. The zero-order chi connectivity index (χ0) is 41.4. The van der Waals surface area contributed by atoms with Crippen molar-refractivity contribution < 1.29 is 4.42 Å². The fourth-order valence-electron chi connectivity index (χ4n) is 9.26. The van der Waals surface area contributed by atoms with E-state index in [4.69, 9.17) is 19.4 Å². The number of benzene rings is 8. The van der Waals surface area contributed by atoms with Gasteiger partial charge in [0.25, 0.3) is 0 Å². The lowest BCUT2D eigenvalue weighted by atomic mass is 9.59. The SMILES string of the molecule is Bc1c(B)c(B)c(-c2ccc(-c3nc(-c4ccccc4)nc(-c4cccc5oc6cc(-c7ccc8c(c7)c7ccccc7n8-c7ccccc7)ccc6c45)n3)cc2)c(B)c1B.